The molecule has 2 aromatic rings. The number of amides is 2. The zero-order valence-corrected chi connectivity index (χ0v) is 19.4. The fourth-order valence-corrected chi connectivity index (χ4v) is 6.03. The van der Waals surface area contributed by atoms with Crippen LogP contribution >= 0.6 is 34.9 Å². The van der Waals surface area contributed by atoms with E-state index >= 15 is 0 Å². The van der Waals surface area contributed by atoms with Crippen molar-refractivity contribution in [1.29, 1.82) is 0 Å². The number of nitrogens with zero attached hydrogens (tertiary/aromatic N) is 4. The van der Waals surface area contributed by atoms with Gasteiger partial charge in [0.2, 0.25) is 0 Å². The van der Waals surface area contributed by atoms with Crippen molar-refractivity contribution < 1.29 is 24.3 Å². The van der Waals surface area contributed by atoms with Crippen LogP contribution in [0.2, 0.25) is 0 Å². The summed E-state index contributed by atoms with van der Waals surface area (Å²) >= 11 is 3.71. The lowest BCUT2D eigenvalue weighted by Gasteiger charge is -2.49. The van der Waals surface area contributed by atoms with E-state index in [2.05, 4.69) is 25.7 Å². The van der Waals surface area contributed by atoms with Crippen LogP contribution in [-0.2, 0) is 19.2 Å². The summed E-state index contributed by atoms with van der Waals surface area (Å²) in [6.45, 7) is 0. The number of nitrogen functional groups attached to an aromatic ring is 1. The van der Waals surface area contributed by atoms with E-state index in [0.29, 0.717) is 10.7 Å². The zero-order chi connectivity index (χ0) is 23.5. The Balaban J connectivity index is 1.49. The number of aromatic amines is 1. The van der Waals surface area contributed by atoms with Gasteiger partial charge in [-0.1, -0.05) is 16.9 Å². The number of H-pyrrole nitrogens is 1. The second-order valence-corrected chi connectivity index (χ2v) is 9.58. The van der Waals surface area contributed by atoms with Crippen molar-refractivity contribution in [2.75, 3.05) is 18.6 Å². The van der Waals surface area contributed by atoms with Gasteiger partial charge in [0.1, 0.15) is 29.9 Å². The van der Waals surface area contributed by atoms with Gasteiger partial charge in [-0.25, -0.2) is 9.78 Å². The lowest BCUT2D eigenvalue weighted by atomic mass is 10.0. The number of anilines is 1. The van der Waals surface area contributed by atoms with Gasteiger partial charge in [-0.3, -0.25) is 19.6 Å². The number of carboxylic acids is 1. The number of aromatic nitrogens is 3. The molecule has 33 heavy (non-hydrogen) atoms. The number of oxime groups is 1. The maximum absolute atomic E-state index is 12.8. The van der Waals surface area contributed by atoms with Crippen molar-refractivity contribution in [2.24, 2.45) is 5.16 Å². The molecule has 0 radical (unpaired) electrons. The largest absolute Gasteiger partial charge is 0.477 e. The second kappa shape index (κ2) is 9.68. The Labute approximate surface area is 199 Å². The average Bonchev–Trinajstić information content (AvgIpc) is 3.46. The van der Waals surface area contributed by atoms with Crippen LogP contribution in [0, 0.1) is 0 Å². The van der Waals surface area contributed by atoms with Crippen molar-refractivity contribution in [3.05, 3.63) is 45.0 Å². The summed E-state index contributed by atoms with van der Waals surface area (Å²) in [5.74, 6) is -2.05. The van der Waals surface area contributed by atoms with Crippen LogP contribution in [0.1, 0.15) is 11.3 Å². The van der Waals surface area contributed by atoms with Crippen molar-refractivity contribution >= 4 is 69.6 Å². The molecule has 1 fully saturated rings. The third kappa shape index (κ3) is 4.60. The first-order valence-corrected chi connectivity index (χ1v) is 12.1. The molecule has 4 heterocycles. The van der Waals surface area contributed by atoms with E-state index in [0.717, 1.165) is 16.9 Å². The van der Waals surface area contributed by atoms with E-state index in [1.54, 1.807) is 29.3 Å². The molecule has 2 aromatic heterocycles. The summed E-state index contributed by atoms with van der Waals surface area (Å²) in [5.41, 5.74) is 6.45. The average molecular weight is 508 g/mol. The highest BCUT2D eigenvalue weighted by Gasteiger charge is 2.54. The summed E-state index contributed by atoms with van der Waals surface area (Å²) in [7, 11) is 1.28. The highest BCUT2D eigenvalue weighted by molar-refractivity contribution is 8.08. The van der Waals surface area contributed by atoms with Crippen molar-refractivity contribution in [3.8, 4) is 0 Å². The third-order valence-electron chi connectivity index (χ3n) is 4.57. The van der Waals surface area contributed by atoms with E-state index in [1.165, 1.54) is 35.5 Å². The minimum absolute atomic E-state index is 0.0888. The van der Waals surface area contributed by atoms with Gasteiger partial charge in [-0.05, 0) is 11.5 Å². The van der Waals surface area contributed by atoms with Crippen LogP contribution in [0.5, 0.6) is 0 Å². The number of carbonyl (C=O) groups excluding carboxylic acids is 2. The number of β-lactam (4-membered cyclic amide) rings is 1. The molecule has 0 aromatic carbocycles. The van der Waals surface area contributed by atoms with E-state index < -0.39 is 29.2 Å². The minimum atomic E-state index is -1.21. The lowest BCUT2D eigenvalue weighted by molar-refractivity contribution is -0.150. The van der Waals surface area contributed by atoms with Crippen molar-refractivity contribution in [3.63, 3.8) is 0 Å². The molecule has 2 atom stereocenters. The van der Waals surface area contributed by atoms with Gasteiger partial charge in [-0.15, -0.1) is 23.1 Å². The van der Waals surface area contributed by atoms with E-state index in [4.69, 9.17) is 10.6 Å². The summed E-state index contributed by atoms with van der Waals surface area (Å²) in [6.07, 6.45) is 5.10. The Morgan fingerprint density at radius 3 is 2.97 bits per heavy atom. The molecule has 0 spiro atoms. The molecular formula is C18H17N7O5S3. The number of nitrogens with one attached hydrogen (secondary N) is 2. The monoisotopic (exact) mass is 507 g/mol. The van der Waals surface area contributed by atoms with Crippen LogP contribution in [0.3, 0.4) is 0 Å². The lowest BCUT2D eigenvalue weighted by Crippen LogP contribution is -2.71. The highest BCUT2D eigenvalue weighted by atomic mass is 32.2. The predicted molar refractivity (Wildman–Crippen MR) is 125 cm³/mol. The first-order valence-electron chi connectivity index (χ1n) is 9.27. The van der Waals surface area contributed by atoms with Crippen molar-refractivity contribution in [2.45, 2.75) is 11.4 Å². The van der Waals surface area contributed by atoms with Crippen LogP contribution < -0.4 is 11.1 Å². The van der Waals surface area contributed by atoms with Gasteiger partial charge in [0.15, 0.2) is 10.8 Å². The molecule has 0 bridgehead atoms. The molecule has 5 N–H and O–H groups in total. The molecule has 2 aliphatic heterocycles. The Hall–Kier alpha value is -3.30. The maximum Gasteiger partial charge on any atom is 0.353 e. The Bertz CT molecular complexity index is 1170. The number of thiazole rings is 1. The molecule has 2 aliphatic rings. The molecule has 2 amide bonds. The van der Waals surface area contributed by atoms with E-state index in [1.807, 2.05) is 0 Å². The minimum Gasteiger partial charge on any atom is -0.477 e. The van der Waals surface area contributed by atoms with Crippen molar-refractivity contribution in [1.82, 2.24) is 25.4 Å². The molecule has 0 unspecified atom stereocenters. The Kier molecular flexibility index (Phi) is 6.71. The standard InChI is InChI=1S/C18H17N7O5S3/c1-30-24-11(9-6-33-18(19)22-9)14(26)23-12-15(27)25-13(17(28)29)10(7-32-16(12)25)31-3-2-8-4-20-21-5-8/h2-6,12,16H,7H2,1H3,(H2,19,22)(H,20,21)(H,23,26)(H,28,29)/b3-2-,24-11-/t12-,16-/m1/s1. The fraction of sp³-hybridized carbons (Fsp3) is 0.222. The van der Waals surface area contributed by atoms with E-state index in [-0.39, 0.29) is 22.2 Å². The number of nitrogens with two attached hydrogens (primary N) is 1. The van der Waals surface area contributed by atoms with Gasteiger partial charge in [-0.2, -0.15) is 5.10 Å². The summed E-state index contributed by atoms with van der Waals surface area (Å²) in [4.78, 5) is 48.0. The molecule has 0 aliphatic carbocycles. The quantitative estimate of drug-likeness (QED) is 0.228. The fourth-order valence-electron chi connectivity index (χ4n) is 3.13. The Morgan fingerprint density at radius 2 is 2.33 bits per heavy atom. The summed E-state index contributed by atoms with van der Waals surface area (Å²) < 4.78 is 0. The normalized spacial score (nSPS) is 20.6. The van der Waals surface area contributed by atoms with Crippen LogP contribution in [0.25, 0.3) is 6.08 Å². The summed E-state index contributed by atoms with van der Waals surface area (Å²) in [6, 6.07) is -0.914. The molecule has 0 saturated carbocycles. The third-order valence-corrected chi connectivity index (χ3v) is 7.61. The molecule has 15 heteroatoms. The zero-order valence-electron chi connectivity index (χ0n) is 16.9. The number of carboxylic acid groups (broad SMARTS) is 1. The molecule has 4 rings (SSSR count). The molecular weight excluding hydrogens is 490 g/mol. The van der Waals surface area contributed by atoms with Crippen LogP contribution in [0.15, 0.2) is 38.9 Å². The topological polar surface area (TPSA) is 176 Å². The first kappa shape index (κ1) is 22.9. The number of thioether (sulfide) groups is 2. The van der Waals surface area contributed by atoms with Crippen LogP contribution in [-0.4, -0.2) is 73.0 Å². The van der Waals surface area contributed by atoms with Gasteiger partial charge in [0.25, 0.3) is 11.8 Å². The maximum atomic E-state index is 12.8. The highest BCUT2D eigenvalue weighted by Crippen LogP contribution is 2.43. The number of rotatable bonds is 8. The van der Waals surface area contributed by atoms with Gasteiger partial charge in [0.05, 0.1) is 6.20 Å². The number of carbonyl (C=O) groups is 3. The molecule has 1 saturated heterocycles. The molecule has 12 nitrogen and oxygen atoms in total. The van der Waals surface area contributed by atoms with Gasteiger partial charge < -0.3 is 21.0 Å². The SMILES string of the molecule is CO/N=C(\C(=O)N[C@@H]1C(=O)N2C(C(=O)O)=C(S/C=C\c3cn[nH]c3)CS[C@H]12)c1csc(N)n1. The smallest absolute Gasteiger partial charge is 0.353 e. The summed E-state index contributed by atoms with van der Waals surface area (Å²) in [5, 5.41) is 25.6. The van der Waals surface area contributed by atoms with E-state index in [9.17, 15) is 19.5 Å². The second-order valence-electron chi connectivity index (χ2n) is 6.58. The predicted octanol–water partition coefficient (Wildman–Crippen LogP) is 0.899. The number of fused-ring (bicyclic) bond motifs is 1. The Morgan fingerprint density at radius 1 is 1.52 bits per heavy atom. The van der Waals surface area contributed by atoms with Gasteiger partial charge in [0, 0.05) is 27.8 Å². The van der Waals surface area contributed by atoms with Crippen LogP contribution in [0.4, 0.5) is 5.13 Å². The first-order chi connectivity index (χ1) is 15.9. The number of aliphatic carboxylic acids is 1. The van der Waals surface area contributed by atoms with Gasteiger partial charge >= 0.3 is 5.97 Å². The molecule has 172 valence electrons. The number of hydrogen-bond donors (Lipinski definition) is 4. The number of hydrogen-bond acceptors (Lipinski definition) is 11.